The molecule has 2 fully saturated rings. The SMILES string of the molecule is CCCCCCCC/C=C\CCCCCCCCOCC(COC1OC(COC2OC(CO)C(O)C(O)C2O)C(O)C(O)C1O)OC(=O)CC. The molecule has 7 N–H and O–H groups in total. The second kappa shape index (κ2) is 26.5. The van der Waals surface area contributed by atoms with Gasteiger partial charge in [-0.15, -0.1) is 0 Å². The summed E-state index contributed by atoms with van der Waals surface area (Å²) in [6.07, 6.45) is 5.54. The molecule has 14 nitrogen and oxygen atoms in total. The van der Waals surface area contributed by atoms with E-state index in [9.17, 15) is 40.5 Å². The normalized spacial score (nSPS) is 30.9. The predicted molar refractivity (Wildman–Crippen MR) is 183 cm³/mol. The zero-order chi connectivity index (χ0) is 36.7. The van der Waals surface area contributed by atoms with Crippen LogP contribution in [-0.4, -0.2) is 142 Å². The van der Waals surface area contributed by atoms with Gasteiger partial charge >= 0.3 is 5.97 Å². The molecule has 0 aromatic rings. The zero-order valence-electron chi connectivity index (χ0n) is 30.1. The van der Waals surface area contributed by atoms with Crippen LogP contribution in [0.4, 0.5) is 0 Å². The molecule has 14 heteroatoms. The third-order valence-electron chi connectivity index (χ3n) is 9.08. The van der Waals surface area contributed by atoms with Gasteiger partial charge in [0.25, 0.3) is 0 Å². The monoisotopic (exact) mass is 722 g/mol. The first-order chi connectivity index (χ1) is 24.1. The Labute approximate surface area is 297 Å². The number of carbonyl (C=O) groups excluding carboxylic acids is 1. The average molecular weight is 723 g/mol. The molecule has 2 aliphatic heterocycles. The number of allylic oxidation sites excluding steroid dienone is 2. The Morgan fingerprint density at radius 1 is 0.640 bits per heavy atom. The molecule has 0 amide bonds. The van der Waals surface area contributed by atoms with Gasteiger partial charge in [0.2, 0.25) is 0 Å². The van der Waals surface area contributed by atoms with Gasteiger partial charge in [0, 0.05) is 13.0 Å². The molecule has 0 aliphatic carbocycles. The van der Waals surface area contributed by atoms with Crippen molar-refractivity contribution in [2.24, 2.45) is 0 Å². The van der Waals surface area contributed by atoms with E-state index in [1.807, 2.05) is 0 Å². The van der Waals surface area contributed by atoms with Gasteiger partial charge in [0.15, 0.2) is 12.6 Å². The Kier molecular flexibility index (Phi) is 23.8. The fourth-order valence-corrected chi connectivity index (χ4v) is 5.84. The number of esters is 1. The quantitative estimate of drug-likeness (QED) is 0.0367. The van der Waals surface area contributed by atoms with Crippen molar-refractivity contribution >= 4 is 5.97 Å². The summed E-state index contributed by atoms with van der Waals surface area (Å²) in [5.74, 6) is -0.467. The third kappa shape index (κ3) is 16.6. The number of hydrogen-bond acceptors (Lipinski definition) is 14. The highest BCUT2D eigenvalue weighted by molar-refractivity contribution is 5.69. The summed E-state index contributed by atoms with van der Waals surface area (Å²) in [4.78, 5) is 12.0. The van der Waals surface area contributed by atoms with Crippen LogP contribution < -0.4 is 0 Å². The van der Waals surface area contributed by atoms with Crippen molar-refractivity contribution in [2.45, 2.75) is 178 Å². The predicted octanol–water partition coefficient (Wildman–Crippen LogP) is 2.00. The van der Waals surface area contributed by atoms with Crippen LogP contribution in [0.15, 0.2) is 12.2 Å². The van der Waals surface area contributed by atoms with Gasteiger partial charge in [-0.2, -0.15) is 0 Å². The van der Waals surface area contributed by atoms with Crippen LogP contribution >= 0.6 is 0 Å². The van der Waals surface area contributed by atoms with E-state index < -0.39 is 86.7 Å². The summed E-state index contributed by atoms with van der Waals surface area (Å²) in [5, 5.41) is 70.9. The first-order valence-corrected chi connectivity index (χ1v) is 18.8. The molecule has 2 saturated heterocycles. The molecule has 50 heavy (non-hydrogen) atoms. The first-order valence-electron chi connectivity index (χ1n) is 18.8. The smallest absolute Gasteiger partial charge is 0.305 e. The van der Waals surface area contributed by atoms with Gasteiger partial charge in [-0.1, -0.05) is 83.8 Å². The van der Waals surface area contributed by atoms with Crippen molar-refractivity contribution in [3.05, 3.63) is 12.2 Å². The van der Waals surface area contributed by atoms with Gasteiger partial charge in [-0.3, -0.25) is 4.79 Å². The minimum Gasteiger partial charge on any atom is -0.457 e. The van der Waals surface area contributed by atoms with Gasteiger partial charge in [-0.05, 0) is 32.1 Å². The van der Waals surface area contributed by atoms with Crippen molar-refractivity contribution < 1.29 is 69.0 Å². The fourth-order valence-electron chi connectivity index (χ4n) is 5.84. The zero-order valence-corrected chi connectivity index (χ0v) is 30.1. The lowest BCUT2D eigenvalue weighted by atomic mass is 9.98. The maximum absolute atomic E-state index is 12.0. The lowest BCUT2D eigenvalue weighted by Crippen LogP contribution is -2.61. The molecule has 0 spiro atoms. The molecule has 0 aromatic heterocycles. The maximum atomic E-state index is 12.0. The molecule has 11 atom stereocenters. The number of ether oxygens (including phenoxy) is 6. The van der Waals surface area contributed by atoms with Crippen molar-refractivity contribution in [1.82, 2.24) is 0 Å². The second-order valence-electron chi connectivity index (χ2n) is 13.4. The van der Waals surface area contributed by atoms with E-state index in [2.05, 4.69) is 19.1 Å². The standard InChI is InChI=1S/C36H66O14/c1-3-5-6-7-8-9-10-11-12-13-14-15-16-17-18-19-20-45-22-25(48-28(38)4-2)23-46-35-34(44)32(42)30(40)27(50-35)24-47-36-33(43)31(41)29(39)26(21-37)49-36/h11-12,25-27,29-37,39-44H,3-10,13-24H2,1-2H3/b12-11-. The number of carbonyl (C=O) groups is 1. The number of rotatable bonds is 27. The van der Waals surface area contributed by atoms with E-state index in [4.69, 9.17) is 28.4 Å². The summed E-state index contributed by atoms with van der Waals surface area (Å²) in [7, 11) is 0. The van der Waals surface area contributed by atoms with Crippen LogP contribution in [0.1, 0.15) is 110 Å². The van der Waals surface area contributed by atoms with Crippen LogP contribution in [0, 0.1) is 0 Å². The summed E-state index contributed by atoms with van der Waals surface area (Å²) in [6.45, 7) is 3.05. The van der Waals surface area contributed by atoms with Crippen molar-refractivity contribution in [2.75, 3.05) is 33.0 Å². The Morgan fingerprint density at radius 2 is 1.16 bits per heavy atom. The second-order valence-corrected chi connectivity index (χ2v) is 13.4. The summed E-state index contributed by atoms with van der Waals surface area (Å²) in [5.41, 5.74) is 0. The van der Waals surface area contributed by atoms with Crippen LogP contribution in [0.3, 0.4) is 0 Å². The Balaban J connectivity index is 1.67. The molecule has 294 valence electrons. The molecule has 2 rings (SSSR count). The molecule has 0 radical (unpaired) electrons. The number of aliphatic hydroxyl groups excluding tert-OH is 7. The van der Waals surface area contributed by atoms with E-state index in [1.165, 1.54) is 64.2 Å². The Bertz CT molecular complexity index is 891. The van der Waals surface area contributed by atoms with Gasteiger partial charge in [0.05, 0.1) is 26.4 Å². The molecule has 2 aliphatic rings. The highest BCUT2D eigenvalue weighted by Gasteiger charge is 2.47. The number of aliphatic hydroxyl groups is 7. The van der Waals surface area contributed by atoms with E-state index in [0.717, 1.165) is 25.7 Å². The first kappa shape index (κ1) is 44.9. The summed E-state index contributed by atoms with van der Waals surface area (Å²) >= 11 is 0. The van der Waals surface area contributed by atoms with Crippen LogP contribution in [0.2, 0.25) is 0 Å². The van der Waals surface area contributed by atoms with Crippen LogP contribution in [0.5, 0.6) is 0 Å². The Morgan fingerprint density at radius 3 is 1.74 bits per heavy atom. The van der Waals surface area contributed by atoms with Gasteiger partial charge < -0.3 is 64.2 Å². The molecule has 2 heterocycles. The fraction of sp³-hybridized carbons (Fsp3) is 0.917. The summed E-state index contributed by atoms with van der Waals surface area (Å²) in [6, 6.07) is 0. The third-order valence-corrected chi connectivity index (χ3v) is 9.08. The topological polar surface area (TPSA) is 214 Å². The summed E-state index contributed by atoms with van der Waals surface area (Å²) < 4.78 is 33.2. The minimum absolute atomic E-state index is 0.0501. The van der Waals surface area contributed by atoms with E-state index in [1.54, 1.807) is 6.92 Å². The van der Waals surface area contributed by atoms with Crippen LogP contribution in [0.25, 0.3) is 0 Å². The molecule has 11 unspecified atom stereocenters. The molecule has 0 saturated carbocycles. The largest absolute Gasteiger partial charge is 0.457 e. The van der Waals surface area contributed by atoms with Gasteiger partial charge in [0.1, 0.15) is 54.9 Å². The minimum atomic E-state index is -1.70. The van der Waals surface area contributed by atoms with Crippen molar-refractivity contribution in [3.8, 4) is 0 Å². The maximum Gasteiger partial charge on any atom is 0.305 e. The molecule has 0 aromatic carbocycles. The van der Waals surface area contributed by atoms with Crippen molar-refractivity contribution in [1.29, 1.82) is 0 Å². The van der Waals surface area contributed by atoms with E-state index in [0.29, 0.717) is 6.61 Å². The molecular formula is C36H66O14. The molecular weight excluding hydrogens is 656 g/mol. The molecule has 0 bridgehead atoms. The van der Waals surface area contributed by atoms with Crippen molar-refractivity contribution in [3.63, 3.8) is 0 Å². The highest BCUT2D eigenvalue weighted by Crippen LogP contribution is 2.26. The lowest BCUT2D eigenvalue weighted by molar-refractivity contribution is -0.332. The van der Waals surface area contributed by atoms with Gasteiger partial charge in [-0.25, -0.2) is 0 Å². The highest BCUT2D eigenvalue weighted by atomic mass is 16.7. The average Bonchev–Trinajstić information content (AvgIpc) is 3.12. The van der Waals surface area contributed by atoms with E-state index >= 15 is 0 Å². The number of unbranched alkanes of at least 4 members (excludes halogenated alkanes) is 12. The Hall–Kier alpha value is -1.27. The lowest BCUT2D eigenvalue weighted by Gasteiger charge is -2.42. The van der Waals surface area contributed by atoms with Crippen LogP contribution in [-0.2, 0) is 33.2 Å². The van der Waals surface area contributed by atoms with E-state index in [-0.39, 0.29) is 19.6 Å². The number of hydrogen-bond donors (Lipinski definition) is 7.